The molecular formula is C21H26N2O5. The number of nitrogens with zero attached hydrogens (tertiary/aromatic N) is 1. The summed E-state index contributed by atoms with van der Waals surface area (Å²) >= 11 is 0. The van der Waals surface area contributed by atoms with E-state index in [2.05, 4.69) is 10.3 Å². The van der Waals surface area contributed by atoms with Crippen LogP contribution in [0.2, 0.25) is 0 Å². The number of esters is 1. The van der Waals surface area contributed by atoms with Crippen LogP contribution in [-0.2, 0) is 26.3 Å². The predicted octanol–water partition coefficient (Wildman–Crippen LogP) is 2.63. The van der Waals surface area contributed by atoms with Crippen LogP contribution in [0.5, 0.6) is 11.5 Å². The lowest BCUT2D eigenvalue weighted by Gasteiger charge is -2.28. The van der Waals surface area contributed by atoms with Crippen LogP contribution in [-0.4, -0.2) is 37.7 Å². The molecule has 2 aromatic rings. The van der Waals surface area contributed by atoms with Crippen LogP contribution in [0.4, 0.5) is 0 Å². The molecule has 1 unspecified atom stereocenters. The van der Waals surface area contributed by atoms with Crippen LogP contribution >= 0.6 is 0 Å². The molecule has 1 heterocycles. The lowest BCUT2D eigenvalue weighted by Crippen LogP contribution is -2.50. The third-order valence-electron chi connectivity index (χ3n) is 4.42. The van der Waals surface area contributed by atoms with E-state index >= 15 is 0 Å². The van der Waals surface area contributed by atoms with E-state index < -0.39 is 11.5 Å². The first-order valence-electron chi connectivity index (χ1n) is 9.04. The van der Waals surface area contributed by atoms with Crippen molar-refractivity contribution in [1.82, 2.24) is 10.3 Å². The minimum absolute atomic E-state index is 0.165. The Morgan fingerprint density at radius 2 is 1.96 bits per heavy atom. The Hall–Kier alpha value is -3.09. The Kier molecular flexibility index (Phi) is 7.37. The van der Waals surface area contributed by atoms with Crippen molar-refractivity contribution < 1.29 is 23.8 Å². The fourth-order valence-electron chi connectivity index (χ4n) is 2.84. The molecule has 0 aliphatic heterocycles. The normalized spacial score (nSPS) is 12.6. The molecule has 0 aliphatic carbocycles. The molecule has 7 heteroatoms. The summed E-state index contributed by atoms with van der Waals surface area (Å²) in [6.07, 6.45) is 3.74. The van der Waals surface area contributed by atoms with E-state index in [1.807, 2.05) is 6.07 Å². The number of nitrogens with one attached hydrogen (secondary N) is 1. The van der Waals surface area contributed by atoms with Gasteiger partial charge in [-0.3, -0.25) is 9.78 Å². The van der Waals surface area contributed by atoms with Gasteiger partial charge < -0.3 is 19.5 Å². The Morgan fingerprint density at radius 1 is 1.18 bits per heavy atom. The van der Waals surface area contributed by atoms with Crippen LogP contribution in [0.3, 0.4) is 0 Å². The summed E-state index contributed by atoms with van der Waals surface area (Å²) in [7, 11) is 3.16. The Bertz CT molecular complexity index is 810. The minimum atomic E-state index is -1.32. The van der Waals surface area contributed by atoms with E-state index in [9.17, 15) is 9.59 Å². The van der Waals surface area contributed by atoms with Crippen molar-refractivity contribution in [3.05, 3.63) is 53.9 Å². The second-order valence-electron chi connectivity index (χ2n) is 6.31. The molecule has 28 heavy (non-hydrogen) atoms. The molecule has 2 rings (SSSR count). The largest absolute Gasteiger partial charge is 0.497 e. The van der Waals surface area contributed by atoms with Crippen molar-refractivity contribution in [3.8, 4) is 11.5 Å². The second-order valence-corrected chi connectivity index (χ2v) is 6.31. The lowest BCUT2D eigenvalue weighted by molar-refractivity contribution is -0.153. The molecule has 150 valence electrons. The molecule has 0 spiro atoms. The van der Waals surface area contributed by atoms with Gasteiger partial charge in [0.05, 0.1) is 20.8 Å². The van der Waals surface area contributed by atoms with Crippen molar-refractivity contribution in [3.63, 3.8) is 0 Å². The van der Waals surface area contributed by atoms with Gasteiger partial charge in [-0.15, -0.1) is 0 Å². The summed E-state index contributed by atoms with van der Waals surface area (Å²) in [5, 5.41) is 2.81. The molecule has 0 fully saturated rings. The molecular weight excluding hydrogens is 360 g/mol. The van der Waals surface area contributed by atoms with Crippen LogP contribution in [0.1, 0.15) is 31.4 Å². The number of hydrogen-bond acceptors (Lipinski definition) is 6. The fraction of sp³-hybridized carbons (Fsp3) is 0.381. The minimum Gasteiger partial charge on any atom is -0.497 e. The third-order valence-corrected chi connectivity index (χ3v) is 4.42. The average Bonchev–Trinajstić information content (AvgIpc) is 2.72. The van der Waals surface area contributed by atoms with Gasteiger partial charge in [0.1, 0.15) is 11.5 Å². The number of pyridine rings is 1. The molecule has 0 saturated carbocycles. The average molecular weight is 386 g/mol. The first kappa shape index (κ1) is 21.2. The maximum absolute atomic E-state index is 12.7. The van der Waals surface area contributed by atoms with Gasteiger partial charge >= 0.3 is 5.97 Å². The van der Waals surface area contributed by atoms with Gasteiger partial charge in [-0.25, -0.2) is 4.79 Å². The van der Waals surface area contributed by atoms with Gasteiger partial charge in [0.25, 0.3) is 0 Å². The smallest absolute Gasteiger partial charge is 0.336 e. The number of rotatable bonds is 9. The SMILES string of the molecule is CCOC(=O)C(C)(NC(=O)CCc1cc(OC)ccc1OC)c1cccnc1. The van der Waals surface area contributed by atoms with Crippen LogP contribution in [0.15, 0.2) is 42.7 Å². The molecule has 7 nitrogen and oxygen atoms in total. The standard InChI is InChI=1S/C21H26N2O5/c1-5-28-20(25)21(2,16-7-6-12-22-14-16)23-19(24)11-8-15-13-17(26-3)9-10-18(15)27-4/h6-7,9-10,12-14H,5,8,11H2,1-4H3,(H,23,24). The first-order valence-corrected chi connectivity index (χ1v) is 9.04. The van der Waals surface area contributed by atoms with Crippen molar-refractivity contribution >= 4 is 11.9 Å². The highest BCUT2D eigenvalue weighted by Crippen LogP contribution is 2.26. The molecule has 1 aromatic heterocycles. The molecule has 0 saturated heterocycles. The molecule has 0 radical (unpaired) electrons. The van der Waals surface area contributed by atoms with Crippen molar-refractivity contribution in [2.24, 2.45) is 0 Å². The van der Waals surface area contributed by atoms with E-state index in [0.717, 1.165) is 5.56 Å². The highest BCUT2D eigenvalue weighted by Gasteiger charge is 2.38. The van der Waals surface area contributed by atoms with Crippen molar-refractivity contribution in [2.75, 3.05) is 20.8 Å². The summed E-state index contributed by atoms with van der Waals surface area (Å²) < 4.78 is 15.8. The number of methoxy groups -OCH3 is 2. The van der Waals surface area contributed by atoms with Gasteiger partial charge in [-0.05, 0) is 50.1 Å². The quantitative estimate of drug-likeness (QED) is 0.667. The predicted molar refractivity (Wildman–Crippen MR) is 104 cm³/mol. The van der Waals surface area contributed by atoms with Gasteiger partial charge in [0.2, 0.25) is 5.91 Å². The molecule has 0 aliphatic rings. The number of benzene rings is 1. The van der Waals surface area contributed by atoms with E-state index in [4.69, 9.17) is 14.2 Å². The number of amides is 1. The van der Waals surface area contributed by atoms with Gasteiger partial charge in [-0.1, -0.05) is 6.07 Å². The second kappa shape index (κ2) is 9.73. The number of carbonyl (C=O) groups is 2. The van der Waals surface area contributed by atoms with Crippen LogP contribution < -0.4 is 14.8 Å². The monoisotopic (exact) mass is 386 g/mol. The Morgan fingerprint density at radius 3 is 2.57 bits per heavy atom. The fourth-order valence-corrected chi connectivity index (χ4v) is 2.84. The molecule has 0 bridgehead atoms. The maximum atomic E-state index is 12.7. The van der Waals surface area contributed by atoms with Gasteiger partial charge in [0.15, 0.2) is 5.54 Å². The van der Waals surface area contributed by atoms with E-state index in [0.29, 0.717) is 23.5 Å². The number of aromatic nitrogens is 1. The Balaban J connectivity index is 2.15. The first-order chi connectivity index (χ1) is 13.4. The van der Waals surface area contributed by atoms with Gasteiger partial charge in [0, 0.05) is 24.4 Å². The summed E-state index contributed by atoms with van der Waals surface area (Å²) in [6.45, 7) is 3.55. The topological polar surface area (TPSA) is 86.8 Å². The number of hydrogen-bond donors (Lipinski definition) is 1. The van der Waals surface area contributed by atoms with Crippen molar-refractivity contribution in [1.29, 1.82) is 0 Å². The molecule has 1 N–H and O–H groups in total. The van der Waals surface area contributed by atoms with Crippen molar-refractivity contribution in [2.45, 2.75) is 32.2 Å². The van der Waals surface area contributed by atoms with E-state index in [-0.39, 0.29) is 18.9 Å². The third kappa shape index (κ3) is 5.00. The Labute approximate surface area is 165 Å². The van der Waals surface area contributed by atoms with E-state index in [1.54, 1.807) is 64.7 Å². The zero-order chi connectivity index (χ0) is 20.6. The maximum Gasteiger partial charge on any atom is 0.336 e. The molecule has 1 amide bonds. The zero-order valence-electron chi connectivity index (χ0n) is 16.7. The summed E-state index contributed by atoms with van der Waals surface area (Å²) in [5.41, 5.74) is 0.0804. The highest BCUT2D eigenvalue weighted by atomic mass is 16.5. The van der Waals surface area contributed by atoms with Crippen LogP contribution in [0.25, 0.3) is 0 Å². The summed E-state index contributed by atoms with van der Waals surface area (Å²) in [4.78, 5) is 29.3. The molecule has 1 aromatic carbocycles. The van der Waals surface area contributed by atoms with E-state index in [1.165, 1.54) is 0 Å². The lowest BCUT2D eigenvalue weighted by atomic mass is 9.93. The molecule has 1 atom stereocenters. The number of aryl methyl sites for hydroxylation is 1. The zero-order valence-corrected chi connectivity index (χ0v) is 16.7. The number of carbonyl (C=O) groups excluding carboxylic acids is 2. The summed E-state index contributed by atoms with van der Waals surface area (Å²) in [6, 6.07) is 8.86. The number of ether oxygens (including phenoxy) is 3. The van der Waals surface area contributed by atoms with Crippen LogP contribution in [0, 0.1) is 0 Å². The van der Waals surface area contributed by atoms with Gasteiger partial charge in [-0.2, -0.15) is 0 Å². The summed E-state index contributed by atoms with van der Waals surface area (Å²) in [5.74, 6) is 0.538. The highest BCUT2D eigenvalue weighted by molar-refractivity contribution is 5.89.